The summed E-state index contributed by atoms with van der Waals surface area (Å²) in [7, 11) is 0. The van der Waals surface area contributed by atoms with Crippen molar-refractivity contribution < 1.29 is 18.7 Å². The Morgan fingerprint density at radius 1 is 1.23 bits per heavy atom. The third kappa shape index (κ3) is 5.43. The van der Waals surface area contributed by atoms with Gasteiger partial charge in [0.1, 0.15) is 12.3 Å². The Balaban J connectivity index is 1.37. The molecular weight excluding hydrogens is 546 g/mol. The van der Waals surface area contributed by atoms with Crippen molar-refractivity contribution in [2.24, 2.45) is 0 Å². The van der Waals surface area contributed by atoms with E-state index in [-0.39, 0.29) is 29.4 Å². The average molecular weight is 577 g/mol. The summed E-state index contributed by atoms with van der Waals surface area (Å²) in [4.78, 5) is 47.1. The van der Waals surface area contributed by atoms with Gasteiger partial charge in [0, 0.05) is 23.6 Å². The number of para-hydroxylation sites is 1. The predicted molar refractivity (Wildman–Crippen MR) is 160 cm³/mol. The number of hydrogen-bond donors (Lipinski definition) is 4. The van der Waals surface area contributed by atoms with E-state index in [0.29, 0.717) is 46.4 Å². The summed E-state index contributed by atoms with van der Waals surface area (Å²) in [6.07, 6.45) is 6.08. The molecule has 0 spiro atoms. The smallest absolute Gasteiger partial charge is 0.264 e. The number of nitrogens with two attached hydrogens (primary N) is 1. The van der Waals surface area contributed by atoms with Crippen molar-refractivity contribution in [3.05, 3.63) is 100 Å². The molecule has 1 aliphatic heterocycles. The van der Waals surface area contributed by atoms with Crippen LogP contribution in [0.3, 0.4) is 0 Å². The first kappa shape index (κ1) is 27.7. The zero-order chi connectivity index (χ0) is 29.9. The fraction of sp³-hybridized carbons (Fsp3) is 0.219. The SMILES string of the molecule is CC(NC(=O)c1c(N)nc[n+]2cc[nH]c12)c1cc2cccc(C#CCNC(=O)C3CCCO3)c2c(=O)n1-c1ccccc1. The number of nitrogens with one attached hydrogen (secondary N) is 3. The van der Waals surface area contributed by atoms with Gasteiger partial charge >= 0.3 is 0 Å². The topological polar surface area (TPSA) is 148 Å². The highest BCUT2D eigenvalue weighted by Gasteiger charge is 2.26. The Morgan fingerprint density at radius 3 is 2.86 bits per heavy atom. The number of rotatable bonds is 6. The zero-order valence-electron chi connectivity index (χ0n) is 23.5. The molecule has 0 saturated carbocycles. The predicted octanol–water partition coefficient (Wildman–Crippen LogP) is 2.17. The summed E-state index contributed by atoms with van der Waals surface area (Å²) in [5.74, 6) is 5.50. The Hall–Kier alpha value is -5.47. The van der Waals surface area contributed by atoms with Crippen LogP contribution in [0.25, 0.3) is 22.1 Å². The molecule has 1 aliphatic rings. The van der Waals surface area contributed by atoms with Crippen LogP contribution in [0, 0.1) is 11.8 Å². The van der Waals surface area contributed by atoms with Gasteiger partial charge in [-0.3, -0.25) is 23.9 Å². The highest BCUT2D eigenvalue weighted by atomic mass is 16.5. The number of hydrogen-bond acceptors (Lipinski definition) is 6. The maximum atomic E-state index is 14.2. The van der Waals surface area contributed by atoms with Crippen LogP contribution in [-0.2, 0) is 9.53 Å². The summed E-state index contributed by atoms with van der Waals surface area (Å²) < 4.78 is 8.67. The number of fused-ring (bicyclic) bond motifs is 2. The first-order chi connectivity index (χ1) is 20.9. The molecule has 11 heteroatoms. The summed E-state index contributed by atoms with van der Waals surface area (Å²) in [5, 5.41) is 6.89. The number of carbonyl (C=O) groups excluding carboxylic acids is 2. The van der Waals surface area contributed by atoms with Crippen LogP contribution in [0.4, 0.5) is 5.82 Å². The summed E-state index contributed by atoms with van der Waals surface area (Å²) in [6, 6.07) is 16.0. The first-order valence-electron chi connectivity index (χ1n) is 14.0. The van der Waals surface area contributed by atoms with Gasteiger partial charge in [-0.1, -0.05) is 47.2 Å². The Bertz CT molecular complexity index is 1960. The second kappa shape index (κ2) is 11.8. The minimum atomic E-state index is -0.595. The molecule has 2 aromatic carbocycles. The minimum absolute atomic E-state index is 0.0845. The number of pyridine rings is 1. The van der Waals surface area contributed by atoms with Crippen molar-refractivity contribution in [1.29, 1.82) is 0 Å². The number of anilines is 1. The molecule has 0 radical (unpaired) electrons. The zero-order valence-corrected chi connectivity index (χ0v) is 23.5. The molecule has 43 heavy (non-hydrogen) atoms. The van der Waals surface area contributed by atoms with E-state index in [1.54, 1.807) is 27.4 Å². The highest BCUT2D eigenvalue weighted by molar-refractivity contribution is 6.03. The molecule has 11 nitrogen and oxygen atoms in total. The fourth-order valence-corrected chi connectivity index (χ4v) is 5.34. The first-order valence-corrected chi connectivity index (χ1v) is 14.0. The molecule has 6 rings (SSSR count). The maximum Gasteiger partial charge on any atom is 0.264 e. The number of aromatic amines is 1. The van der Waals surface area contributed by atoms with Crippen molar-refractivity contribution in [3.8, 4) is 17.5 Å². The molecule has 2 unspecified atom stereocenters. The normalized spacial score (nSPS) is 15.1. The number of imidazole rings is 1. The number of carbonyl (C=O) groups is 2. The quantitative estimate of drug-likeness (QED) is 0.180. The number of nitrogen functional groups attached to an aromatic ring is 1. The van der Waals surface area contributed by atoms with Crippen LogP contribution in [0.5, 0.6) is 0 Å². The number of benzene rings is 2. The molecule has 5 N–H and O–H groups in total. The van der Waals surface area contributed by atoms with E-state index in [9.17, 15) is 14.4 Å². The summed E-state index contributed by atoms with van der Waals surface area (Å²) in [5.41, 5.74) is 8.27. The molecular formula is C32H30N7O4+. The van der Waals surface area contributed by atoms with Gasteiger partial charge in [-0.15, -0.1) is 0 Å². The van der Waals surface area contributed by atoms with Crippen molar-refractivity contribution in [1.82, 2.24) is 25.2 Å². The van der Waals surface area contributed by atoms with Gasteiger partial charge in [0.15, 0.2) is 5.56 Å². The minimum Gasteiger partial charge on any atom is -0.369 e. The van der Waals surface area contributed by atoms with E-state index in [0.717, 1.165) is 6.42 Å². The lowest BCUT2D eigenvalue weighted by Gasteiger charge is -2.21. The fourth-order valence-electron chi connectivity index (χ4n) is 5.34. The molecule has 0 aliphatic carbocycles. The van der Waals surface area contributed by atoms with Gasteiger partial charge in [-0.25, -0.2) is 4.40 Å². The van der Waals surface area contributed by atoms with Gasteiger partial charge < -0.3 is 21.1 Å². The molecule has 1 saturated heterocycles. The lowest BCUT2D eigenvalue weighted by atomic mass is 10.0. The Labute approximate surface area is 246 Å². The number of H-pyrrole nitrogens is 1. The Kier molecular flexibility index (Phi) is 7.59. The lowest BCUT2D eigenvalue weighted by molar-refractivity contribution is -0.513. The number of amides is 2. The van der Waals surface area contributed by atoms with Crippen molar-refractivity contribution >= 4 is 34.1 Å². The second-order valence-corrected chi connectivity index (χ2v) is 10.3. The van der Waals surface area contributed by atoms with E-state index in [1.165, 1.54) is 6.33 Å². The molecule has 4 heterocycles. The molecule has 2 atom stereocenters. The molecule has 5 aromatic rings. The summed E-state index contributed by atoms with van der Waals surface area (Å²) in [6.45, 7) is 2.53. The van der Waals surface area contributed by atoms with Crippen LogP contribution in [0.1, 0.15) is 47.4 Å². The molecule has 3 aromatic heterocycles. The molecule has 2 amide bonds. The number of aromatic nitrogens is 4. The summed E-state index contributed by atoms with van der Waals surface area (Å²) >= 11 is 0. The Morgan fingerprint density at radius 2 is 2.07 bits per heavy atom. The van der Waals surface area contributed by atoms with E-state index in [1.807, 2.05) is 55.5 Å². The largest absolute Gasteiger partial charge is 0.369 e. The third-order valence-corrected chi connectivity index (χ3v) is 7.43. The van der Waals surface area contributed by atoms with Gasteiger partial charge in [0.25, 0.3) is 11.5 Å². The molecule has 1 fully saturated rings. The van der Waals surface area contributed by atoms with Gasteiger partial charge in [-0.05, 0) is 49.4 Å². The van der Waals surface area contributed by atoms with Crippen LogP contribution >= 0.6 is 0 Å². The standard InChI is InChI=1S/C32H29N7O4/c1-20(37-31(41)27-28(33)36-19-38-16-15-34-29(27)38)24-18-22-9-5-8-21(10-6-14-35-30(40)25-13-7-17-43-25)26(22)32(42)39(24)23-11-3-2-4-12-23/h2-5,8-9,11-12,15-16,18-20,25H,7,13-14,17H2,1H3,(H4,33,34,35,37,40,41)/p+1. The van der Waals surface area contributed by atoms with Gasteiger partial charge in [0.05, 0.1) is 24.2 Å². The van der Waals surface area contributed by atoms with E-state index < -0.39 is 18.1 Å². The highest BCUT2D eigenvalue weighted by Crippen LogP contribution is 2.24. The van der Waals surface area contributed by atoms with Crippen LogP contribution < -0.4 is 26.3 Å². The van der Waals surface area contributed by atoms with E-state index in [2.05, 4.69) is 32.4 Å². The van der Waals surface area contributed by atoms with Crippen molar-refractivity contribution in [3.63, 3.8) is 0 Å². The molecule has 216 valence electrons. The molecule has 0 bridgehead atoms. The third-order valence-electron chi connectivity index (χ3n) is 7.43. The number of nitrogens with zero attached hydrogens (tertiary/aromatic N) is 3. The van der Waals surface area contributed by atoms with E-state index >= 15 is 0 Å². The number of ether oxygens (including phenoxy) is 1. The van der Waals surface area contributed by atoms with Gasteiger partial charge in [0.2, 0.25) is 23.7 Å². The van der Waals surface area contributed by atoms with Crippen LogP contribution in [-0.4, -0.2) is 45.6 Å². The van der Waals surface area contributed by atoms with E-state index in [4.69, 9.17) is 10.5 Å². The van der Waals surface area contributed by atoms with Crippen molar-refractivity contribution in [2.75, 3.05) is 18.9 Å². The van der Waals surface area contributed by atoms with Crippen LogP contribution in [0.15, 0.2) is 78.1 Å². The monoisotopic (exact) mass is 576 g/mol. The van der Waals surface area contributed by atoms with Gasteiger partial charge in [-0.2, -0.15) is 0 Å². The second-order valence-electron chi connectivity index (χ2n) is 10.3. The average Bonchev–Trinajstić information content (AvgIpc) is 3.72. The maximum absolute atomic E-state index is 14.2. The van der Waals surface area contributed by atoms with Crippen LogP contribution in [0.2, 0.25) is 0 Å². The van der Waals surface area contributed by atoms with Crippen molar-refractivity contribution in [2.45, 2.75) is 31.9 Å². The lowest BCUT2D eigenvalue weighted by Crippen LogP contribution is -2.34.